The summed E-state index contributed by atoms with van der Waals surface area (Å²) in [5.74, 6) is -0.256. The Morgan fingerprint density at radius 3 is 2.33 bits per heavy atom. The molecule has 40 heavy (non-hydrogen) atoms. The van der Waals surface area contributed by atoms with Gasteiger partial charge in [0.05, 0.1) is 27.8 Å². The van der Waals surface area contributed by atoms with Crippen molar-refractivity contribution in [1.82, 2.24) is 5.32 Å². The highest BCUT2D eigenvalue weighted by atomic mass is 35.5. The Kier molecular flexibility index (Phi) is 12.9. The smallest absolute Gasteiger partial charge is 0.419 e. The molecular formula is C29H38Cl2F3NO5. The number of alkyl carbamates (subject to hydrolysis) is 1. The third-order valence-electron chi connectivity index (χ3n) is 6.11. The van der Waals surface area contributed by atoms with E-state index in [1.165, 1.54) is 13.2 Å². The van der Waals surface area contributed by atoms with Gasteiger partial charge in [0.2, 0.25) is 0 Å². The number of aryl methyl sites for hydroxylation is 1. The summed E-state index contributed by atoms with van der Waals surface area (Å²) >= 11 is 12.0. The molecule has 0 heterocycles. The van der Waals surface area contributed by atoms with Crippen molar-refractivity contribution in [2.45, 2.75) is 77.2 Å². The number of benzene rings is 2. The molecule has 11 heteroatoms. The van der Waals surface area contributed by atoms with Crippen LogP contribution in [-0.4, -0.2) is 38.7 Å². The molecule has 0 aliphatic heterocycles. The standard InChI is InChI=1S/C29H38Cl2F3NO5/c1-6-28(39-19-37-5,14-8-15-35-26(36)40-27(2,3)4)21-11-13-25(22(18-21)29(32,33)34)38-16-7-9-20-10-12-23(30)24(31)17-20/h10-13,17-18H,6-9,14-16,19H2,1-5H3,(H,35,36). The van der Waals surface area contributed by atoms with Gasteiger partial charge in [-0.1, -0.05) is 42.3 Å². The third-order valence-corrected chi connectivity index (χ3v) is 6.85. The number of carbonyl (C=O) groups is 1. The summed E-state index contributed by atoms with van der Waals surface area (Å²) in [4.78, 5) is 12.0. The number of ether oxygens (including phenoxy) is 4. The predicted octanol–water partition coefficient (Wildman–Crippen LogP) is 8.55. The number of carbonyl (C=O) groups excluding carboxylic acids is 1. The van der Waals surface area contributed by atoms with Crippen LogP contribution < -0.4 is 10.1 Å². The first-order valence-corrected chi connectivity index (χ1v) is 13.8. The minimum absolute atomic E-state index is 0.0815. The van der Waals surface area contributed by atoms with Crippen molar-refractivity contribution in [3.05, 3.63) is 63.1 Å². The van der Waals surface area contributed by atoms with Gasteiger partial charge in [-0.25, -0.2) is 4.79 Å². The molecule has 0 radical (unpaired) electrons. The van der Waals surface area contributed by atoms with Crippen molar-refractivity contribution < 1.29 is 36.9 Å². The Morgan fingerprint density at radius 2 is 1.73 bits per heavy atom. The van der Waals surface area contributed by atoms with Crippen molar-refractivity contribution in [2.75, 3.05) is 27.1 Å². The fraction of sp³-hybridized carbons (Fsp3) is 0.552. The number of hydrogen-bond donors (Lipinski definition) is 1. The summed E-state index contributed by atoms with van der Waals surface area (Å²) in [5, 5.41) is 3.53. The highest BCUT2D eigenvalue weighted by molar-refractivity contribution is 6.42. The lowest BCUT2D eigenvalue weighted by Crippen LogP contribution is -2.35. The van der Waals surface area contributed by atoms with E-state index in [4.69, 9.17) is 42.1 Å². The average Bonchev–Trinajstić information content (AvgIpc) is 2.87. The van der Waals surface area contributed by atoms with E-state index in [1.54, 1.807) is 39.0 Å². The number of rotatable bonds is 14. The van der Waals surface area contributed by atoms with Gasteiger partial charge in [-0.3, -0.25) is 0 Å². The minimum Gasteiger partial charge on any atom is -0.493 e. The normalized spacial score (nSPS) is 13.6. The van der Waals surface area contributed by atoms with E-state index >= 15 is 0 Å². The van der Waals surface area contributed by atoms with Crippen molar-refractivity contribution >= 4 is 29.3 Å². The number of nitrogens with one attached hydrogen (secondary N) is 1. The molecule has 0 aromatic heterocycles. The fourth-order valence-corrected chi connectivity index (χ4v) is 4.47. The van der Waals surface area contributed by atoms with Crippen LogP contribution in [0.2, 0.25) is 10.0 Å². The molecule has 1 atom stereocenters. The molecule has 2 aromatic carbocycles. The molecule has 224 valence electrons. The molecule has 0 saturated heterocycles. The summed E-state index contributed by atoms with van der Waals surface area (Å²) in [6, 6.07) is 9.22. The van der Waals surface area contributed by atoms with E-state index in [-0.39, 0.29) is 25.7 Å². The van der Waals surface area contributed by atoms with Gasteiger partial charge in [-0.05, 0) is 88.3 Å². The second-order valence-electron chi connectivity index (χ2n) is 10.3. The van der Waals surface area contributed by atoms with Crippen molar-refractivity contribution in [1.29, 1.82) is 0 Å². The van der Waals surface area contributed by atoms with Crippen LogP contribution in [0.25, 0.3) is 0 Å². The van der Waals surface area contributed by atoms with Crippen molar-refractivity contribution in [3.8, 4) is 5.75 Å². The van der Waals surface area contributed by atoms with Crippen LogP contribution in [0, 0.1) is 0 Å². The Hall–Kier alpha value is -2.20. The number of alkyl halides is 3. The summed E-state index contributed by atoms with van der Waals surface area (Å²) in [6.07, 6.45) is -3.01. The van der Waals surface area contributed by atoms with E-state index in [9.17, 15) is 18.0 Å². The van der Waals surface area contributed by atoms with E-state index in [0.29, 0.717) is 47.7 Å². The third kappa shape index (κ3) is 10.7. The van der Waals surface area contributed by atoms with Gasteiger partial charge in [0.1, 0.15) is 18.1 Å². The largest absolute Gasteiger partial charge is 0.493 e. The maximum Gasteiger partial charge on any atom is 0.419 e. The molecule has 0 spiro atoms. The maximum atomic E-state index is 14.1. The molecule has 1 amide bonds. The topological polar surface area (TPSA) is 66.0 Å². The highest BCUT2D eigenvalue weighted by Crippen LogP contribution is 2.42. The Bertz CT molecular complexity index is 1110. The molecule has 0 aliphatic rings. The minimum atomic E-state index is -4.64. The molecule has 0 aliphatic carbocycles. The lowest BCUT2D eigenvalue weighted by molar-refractivity contribution is -0.145. The predicted molar refractivity (Wildman–Crippen MR) is 150 cm³/mol. The lowest BCUT2D eigenvalue weighted by Gasteiger charge is -2.34. The van der Waals surface area contributed by atoms with Crippen molar-refractivity contribution in [2.24, 2.45) is 0 Å². The van der Waals surface area contributed by atoms with Gasteiger partial charge in [-0.2, -0.15) is 13.2 Å². The summed E-state index contributed by atoms with van der Waals surface area (Å²) in [7, 11) is 1.44. The second-order valence-corrected chi connectivity index (χ2v) is 11.2. The molecule has 1 N–H and O–H groups in total. The van der Waals surface area contributed by atoms with E-state index in [1.807, 2.05) is 13.0 Å². The molecule has 0 fully saturated rings. The maximum absolute atomic E-state index is 14.1. The first-order chi connectivity index (χ1) is 18.7. The van der Waals surface area contributed by atoms with Crippen LogP contribution in [0.4, 0.5) is 18.0 Å². The Morgan fingerprint density at radius 1 is 1.00 bits per heavy atom. The lowest BCUT2D eigenvalue weighted by atomic mass is 9.85. The summed E-state index contributed by atoms with van der Waals surface area (Å²) < 4.78 is 64.3. The number of amides is 1. The zero-order chi connectivity index (χ0) is 30.0. The van der Waals surface area contributed by atoms with Crippen LogP contribution in [0.15, 0.2) is 36.4 Å². The molecule has 6 nitrogen and oxygen atoms in total. The van der Waals surface area contributed by atoms with E-state index in [0.717, 1.165) is 11.6 Å². The van der Waals surface area contributed by atoms with E-state index in [2.05, 4.69) is 5.32 Å². The summed E-state index contributed by atoms with van der Waals surface area (Å²) in [5.41, 5.74) is -1.34. The molecule has 0 saturated carbocycles. The second kappa shape index (κ2) is 15.1. The Labute approximate surface area is 244 Å². The van der Waals surface area contributed by atoms with Crippen LogP contribution >= 0.6 is 23.2 Å². The van der Waals surface area contributed by atoms with Crippen LogP contribution in [0.5, 0.6) is 5.75 Å². The van der Waals surface area contributed by atoms with Crippen LogP contribution in [0.1, 0.15) is 70.1 Å². The SMILES string of the molecule is CCC(CCCNC(=O)OC(C)(C)C)(OCOC)c1ccc(OCCCc2ccc(Cl)c(Cl)c2)c(C(F)(F)F)c1. The average molecular weight is 609 g/mol. The van der Waals surface area contributed by atoms with E-state index < -0.39 is 29.0 Å². The zero-order valence-corrected chi connectivity index (χ0v) is 25.1. The van der Waals surface area contributed by atoms with Gasteiger partial charge in [0.15, 0.2) is 0 Å². The fourth-order valence-electron chi connectivity index (χ4n) is 4.15. The number of halogens is 5. The van der Waals surface area contributed by atoms with Gasteiger partial charge >= 0.3 is 12.3 Å². The monoisotopic (exact) mass is 607 g/mol. The number of methoxy groups -OCH3 is 1. The first kappa shape index (κ1) is 34.0. The molecule has 2 rings (SSSR count). The highest BCUT2D eigenvalue weighted by Gasteiger charge is 2.38. The quantitative estimate of drug-likeness (QED) is 0.172. The molecule has 2 aromatic rings. The van der Waals surface area contributed by atoms with Gasteiger partial charge < -0.3 is 24.3 Å². The van der Waals surface area contributed by atoms with Gasteiger partial charge in [0, 0.05) is 13.7 Å². The van der Waals surface area contributed by atoms with Crippen LogP contribution in [-0.2, 0) is 32.4 Å². The Balaban J connectivity index is 2.16. The molecular weight excluding hydrogens is 570 g/mol. The molecule has 0 bridgehead atoms. The van der Waals surface area contributed by atoms with Crippen LogP contribution in [0.3, 0.4) is 0 Å². The number of hydrogen-bond acceptors (Lipinski definition) is 5. The zero-order valence-electron chi connectivity index (χ0n) is 23.6. The van der Waals surface area contributed by atoms with Gasteiger partial charge in [-0.15, -0.1) is 0 Å². The first-order valence-electron chi connectivity index (χ1n) is 13.1. The summed E-state index contributed by atoms with van der Waals surface area (Å²) in [6.45, 7) is 7.34. The molecule has 1 unspecified atom stereocenters. The van der Waals surface area contributed by atoms with Gasteiger partial charge in [0.25, 0.3) is 0 Å². The van der Waals surface area contributed by atoms with Crippen molar-refractivity contribution in [3.63, 3.8) is 0 Å².